The van der Waals surface area contributed by atoms with Crippen molar-refractivity contribution in [2.24, 2.45) is 5.73 Å². The van der Waals surface area contributed by atoms with E-state index in [4.69, 9.17) is 10.5 Å². The highest BCUT2D eigenvalue weighted by atomic mass is 19.4. The normalized spacial score (nSPS) is 17.3. The molecule has 1 aliphatic rings. The Balaban J connectivity index is 1.89. The van der Waals surface area contributed by atoms with E-state index in [9.17, 15) is 31.1 Å². The monoisotopic (exact) mass is 614 g/mol. The van der Waals surface area contributed by atoms with E-state index in [2.05, 4.69) is 20.4 Å². The molecule has 0 fully saturated rings. The first-order valence-corrected chi connectivity index (χ1v) is 13.6. The van der Waals surface area contributed by atoms with Gasteiger partial charge in [0.05, 0.1) is 41.2 Å². The van der Waals surface area contributed by atoms with Crippen LogP contribution in [0.3, 0.4) is 0 Å². The Kier molecular flexibility index (Phi) is 9.18. The third-order valence-electron chi connectivity index (χ3n) is 6.89. The second-order valence-electron chi connectivity index (χ2n) is 10.5. The molecule has 3 aromatic rings. The van der Waals surface area contributed by atoms with E-state index in [0.717, 1.165) is 0 Å². The van der Waals surface area contributed by atoms with Crippen molar-refractivity contribution in [2.45, 2.75) is 84.2 Å². The zero-order chi connectivity index (χ0) is 31.7. The number of carbonyl (C=O) groups is 1. The number of tetrazole rings is 1. The number of hydrogen-bond acceptors (Lipinski definition) is 8. The van der Waals surface area contributed by atoms with Gasteiger partial charge in [-0.2, -0.15) is 31.1 Å². The molecule has 234 valence electrons. The molecule has 0 aliphatic carbocycles. The molecule has 0 radical (unpaired) electrons. The largest absolute Gasteiger partial charge is 0.446 e. The number of alkyl halides is 6. The van der Waals surface area contributed by atoms with Crippen LogP contribution in [0.1, 0.15) is 67.7 Å². The summed E-state index contributed by atoms with van der Waals surface area (Å²) in [6, 6.07) is 3.59. The number of halogens is 6. The smallest absolute Gasteiger partial charge is 0.416 e. The minimum atomic E-state index is -5.02. The predicted octanol–water partition coefficient (Wildman–Crippen LogP) is 5.65. The van der Waals surface area contributed by atoms with E-state index in [1.165, 1.54) is 14.6 Å². The van der Waals surface area contributed by atoms with Gasteiger partial charge in [-0.15, -0.1) is 5.10 Å². The van der Waals surface area contributed by atoms with Gasteiger partial charge in [0.2, 0.25) is 0 Å². The first kappa shape index (κ1) is 32.0. The number of rotatable bonds is 8. The Morgan fingerprint density at radius 2 is 1.77 bits per heavy atom. The zero-order valence-corrected chi connectivity index (χ0v) is 23.9. The average Bonchev–Trinajstić information content (AvgIpc) is 3.38. The van der Waals surface area contributed by atoms with Gasteiger partial charge in [0.1, 0.15) is 0 Å². The highest BCUT2D eigenvalue weighted by Crippen LogP contribution is 2.43. The first-order chi connectivity index (χ1) is 20.1. The SMILES string of the molecule is CC[C@H]1C[C@@H](N(Cc2cc(C(F)(F)F)cc(C(F)(F)F)c2)c2nnn(CCN)n2)c2nc(C)ccc2N1C(=O)OC(C)C. The fourth-order valence-electron chi connectivity index (χ4n) is 5.01. The molecular formula is C27H32F6N8O2. The molecule has 0 saturated carbocycles. The molecule has 0 bridgehead atoms. The lowest BCUT2D eigenvalue weighted by Gasteiger charge is -2.43. The lowest BCUT2D eigenvalue weighted by molar-refractivity contribution is -0.143. The number of nitrogens with two attached hydrogens (primary N) is 1. The number of aromatic nitrogens is 5. The Bertz CT molecular complexity index is 1410. The van der Waals surface area contributed by atoms with Crippen LogP contribution >= 0.6 is 0 Å². The Hall–Kier alpha value is -3.95. The van der Waals surface area contributed by atoms with Crippen LogP contribution < -0.4 is 15.5 Å². The predicted molar refractivity (Wildman–Crippen MR) is 144 cm³/mol. The molecule has 0 unspecified atom stereocenters. The minimum absolute atomic E-state index is 0.0493. The summed E-state index contributed by atoms with van der Waals surface area (Å²) in [5.74, 6) is -0.0493. The first-order valence-electron chi connectivity index (χ1n) is 13.6. The van der Waals surface area contributed by atoms with Crippen molar-refractivity contribution in [3.8, 4) is 0 Å². The van der Waals surface area contributed by atoms with Gasteiger partial charge in [0, 0.05) is 24.8 Å². The molecule has 1 aromatic carbocycles. The number of carbonyl (C=O) groups excluding carboxylic acids is 1. The van der Waals surface area contributed by atoms with Crippen molar-refractivity contribution in [3.05, 3.63) is 58.4 Å². The van der Waals surface area contributed by atoms with Crippen LogP contribution in [0.25, 0.3) is 0 Å². The topological polar surface area (TPSA) is 115 Å². The van der Waals surface area contributed by atoms with Crippen molar-refractivity contribution >= 4 is 17.7 Å². The molecular weight excluding hydrogens is 582 g/mol. The fraction of sp³-hybridized carbons (Fsp3) is 0.519. The van der Waals surface area contributed by atoms with Gasteiger partial charge in [-0.1, -0.05) is 12.0 Å². The molecule has 16 heteroatoms. The maximum absolute atomic E-state index is 13.7. The summed E-state index contributed by atoms with van der Waals surface area (Å²) in [5.41, 5.74) is 3.79. The van der Waals surface area contributed by atoms with Gasteiger partial charge in [-0.25, -0.2) is 4.79 Å². The summed E-state index contributed by atoms with van der Waals surface area (Å²) in [4.78, 5) is 22.0. The standard InChI is InChI=1S/C27H32F6N8O2/c1-5-20-13-22(23-21(7-6-16(4)35-23)41(20)25(42)43-15(2)3)39(24-36-38-40(37-24)9-8-34)14-17-10-18(26(28,29)30)12-19(11-17)27(31,32)33/h6-7,10-12,15,20,22H,5,8-9,13-14,34H2,1-4H3/t20-,22+/m0/s1. The van der Waals surface area contributed by atoms with E-state index in [1.807, 2.05) is 6.92 Å². The number of nitrogens with zero attached hydrogens (tertiary/aromatic N) is 7. The lowest BCUT2D eigenvalue weighted by Crippen LogP contribution is -2.48. The van der Waals surface area contributed by atoms with Crippen LogP contribution in [0.15, 0.2) is 30.3 Å². The van der Waals surface area contributed by atoms with E-state index in [1.54, 1.807) is 32.9 Å². The lowest BCUT2D eigenvalue weighted by atomic mass is 9.91. The maximum Gasteiger partial charge on any atom is 0.416 e. The van der Waals surface area contributed by atoms with Gasteiger partial charge in [0.25, 0.3) is 5.95 Å². The highest BCUT2D eigenvalue weighted by molar-refractivity contribution is 5.90. The second kappa shape index (κ2) is 12.3. The third kappa shape index (κ3) is 7.17. The van der Waals surface area contributed by atoms with Crippen LogP contribution in [0.2, 0.25) is 0 Å². The molecule has 10 nitrogen and oxygen atoms in total. The summed E-state index contributed by atoms with van der Waals surface area (Å²) in [6.45, 7) is 6.89. The summed E-state index contributed by atoms with van der Waals surface area (Å²) in [7, 11) is 0. The summed E-state index contributed by atoms with van der Waals surface area (Å²) < 4.78 is 87.7. The van der Waals surface area contributed by atoms with Crippen molar-refractivity contribution in [3.63, 3.8) is 0 Å². The molecule has 2 N–H and O–H groups in total. The second-order valence-corrected chi connectivity index (χ2v) is 10.5. The minimum Gasteiger partial charge on any atom is -0.446 e. The average molecular weight is 615 g/mol. The zero-order valence-electron chi connectivity index (χ0n) is 23.9. The number of benzene rings is 1. The third-order valence-corrected chi connectivity index (χ3v) is 6.89. The molecule has 1 aliphatic heterocycles. The highest BCUT2D eigenvalue weighted by Gasteiger charge is 2.42. The van der Waals surface area contributed by atoms with E-state index >= 15 is 0 Å². The molecule has 1 amide bonds. The molecule has 4 rings (SSSR count). The van der Waals surface area contributed by atoms with E-state index in [0.29, 0.717) is 35.6 Å². The molecule has 0 spiro atoms. The van der Waals surface area contributed by atoms with Crippen LogP contribution in [-0.2, 0) is 30.2 Å². The Labute approximate surface area is 243 Å². The summed E-state index contributed by atoms with van der Waals surface area (Å²) >= 11 is 0. The molecule has 3 heterocycles. The summed E-state index contributed by atoms with van der Waals surface area (Å²) in [5, 5.41) is 12.3. The Morgan fingerprint density at radius 1 is 1.12 bits per heavy atom. The maximum atomic E-state index is 13.7. The number of pyridine rings is 1. The van der Waals surface area contributed by atoms with Crippen molar-refractivity contribution < 1.29 is 35.9 Å². The summed E-state index contributed by atoms with van der Waals surface area (Å²) in [6.07, 6.45) is -10.4. The quantitative estimate of drug-likeness (QED) is 0.324. The number of ether oxygens (including phenoxy) is 1. The number of amides is 1. The van der Waals surface area contributed by atoms with Crippen molar-refractivity contribution in [1.29, 1.82) is 0 Å². The van der Waals surface area contributed by atoms with Crippen LogP contribution in [-0.4, -0.2) is 50.0 Å². The Morgan fingerprint density at radius 3 is 2.33 bits per heavy atom. The molecule has 2 atom stereocenters. The van der Waals surface area contributed by atoms with E-state index < -0.39 is 54.3 Å². The fourth-order valence-corrected chi connectivity index (χ4v) is 5.01. The van der Waals surface area contributed by atoms with Crippen molar-refractivity contribution in [2.75, 3.05) is 16.3 Å². The van der Waals surface area contributed by atoms with Gasteiger partial charge in [-0.05, 0) is 74.7 Å². The van der Waals surface area contributed by atoms with Gasteiger partial charge in [-0.3, -0.25) is 9.88 Å². The number of hydrogen-bond donors (Lipinski definition) is 1. The van der Waals surface area contributed by atoms with Crippen molar-refractivity contribution in [1.82, 2.24) is 25.2 Å². The molecule has 2 aromatic heterocycles. The van der Waals surface area contributed by atoms with Gasteiger partial charge < -0.3 is 15.4 Å². The van der Waals surface area contributed by atoms with Crippen LogP contribution in [0.5, 0.6) is 0 Å². The number of aryl methyl sites for hydroxylation is 1. The van der Waals surface area contributed by atoms with Crippen LogP contribution in [0.4, 0.5) is 42.8 Å². The molecule has 43 heavy (non-hydrogen) atoms. The molecule has 0 saturated heterocycles. The van der Waals surface area contributed by atoms with Gasteiger partial charge in [0.15, 0.2) is 0 Å². The number of fused-ring (bicyclic) bond motifs is 1. The van der Waals surface area contributed by atoms with Gasteiger partial charge >= 0.3 is 18.4 Å². The van der Waals surface area contributed by atoms with Crippen LogP contribution in [0, 0.1) is 6.92 Å². The van der Waals surface area contributed by atoms with E-state index in [-0.39, 0.29) is 37.1 Å². The number of anilines is 2.